The van der Waals surface area contributed by atoms with Gasteiger partial charge in [-0.05, 0) is 6.42 Å². The van der Waals surface area contributed by atoms with E-state index in [9.17, 15) is 9.59 Å². The van der Waals surface area contributed by atoms with Gasteiger partial charge in [0.15, 0.2) is 0 Å². The van der Waals surface area contributed by atoms with Crippen molar-refractivity contribution in [2.24, 2.45) is 0 Å². The Bertz CT molecular complexity index is 269. The minimum absolute atomic E-state index is 0.0424. The van der Waals surface area contributed by atoms with E-state index in [1.165, 1.54) is 0 Å². The van der Waals surface area contributed by atoms with Gasteiger partial charge < -0.3 is 19.5 Å². The van der Waals surface area contributed by atoms with Crippen molar-refractivity contribution in [2.45, 2.75) is 25.4 Å². The maximum absolute atomic E-state index is 11.8. The maximum atomic E-state index is 11.8. The highest BCUT2D eigenvalue weighted by molar-refractivity contribution is 5.76. The summed E-state index contributed by atoms with van der Waals surface area (Å²) in [6.07, 6.45) is 0.693. The topological polar surface area (TPSA) is 76.1 Å². The normalized spacial score (nSPS) is 20.3. The van der Waals surface area contributed by atoms with Crippen molar-refractivity contribution in [1.82, 2.24) is 4.90 Å². The van der Waals surface area contributed by atoms with Gasteiger partial charge in [-0.25, -0.2) is 0 Å². The number of amides is 1. The van der Waals surface area contributed by atoms with E-state index in [1.807, 2.05) is 0 Å². The lowest BCUT2D eigenvalue weighted by Crippen LogP contribution is -2.46. The first-order valence-electron chi connectivity index (χ1n) is 5.73. The number of aliphatic carboxylic acids is 1. The van der Waals surface area contributed by atoms with E-state index < -0.39 is 5.97 Å². The zero-order chi connectivity index (χ0) is 12.7. The summed E-state index contributed by atoms with van der Waals surface area (Å²) in [5.41, 5.74) is 0. The molecule has 1 rings (SSSR count). The molecule has 1 unspecified atom stereocenters. The van der Waals surface area contributed by atoms with E-state index in [4.69, 9.17) is 14.6 Å². The third kappa shape index (κ3) is 5.14. The lowest BCUT2D eigenvalue weighted by molar-refractivity contribution is -0.147. The molecule has 6 nitrogen and oxygen atoms in total. The fourth-order valence-electron chi connectivity index (χ4n) is 1.79. The second kappa shape index (κ2) is 7.24. The molecule has 1 amide bonds. The van der Waals surface area contributed by atoms with Crippen molar-refractivity contribution in [3.63, 3.8) is 0 Å². The van der Waals surface area contributed by atoms with Crippen LogP contribution < -0.4 is 0 Å². The summed E-state index contributed by atoms with van der Waals surface area (Å²) in [6, 6.07) is 0. The van der Waals surface area contributed by atoms with Crippen molar-refractivity contribution >= 4 is 11.9 Å². The fourth-order valence-corrected chi connectivity index (χ4v) is 1.79. The highest BCUT2D eigenvalue weighted by atomic mass is 16.5. The van der Waals surface area contributed by atoms with Crippen LogP contribution in [0.3, 0.4) is 0 Å². The summed E-state index contributed by atoms with van der Waals surface area (Å²) >= 11 is 0. The van der Waals surface area contributed by atoms with E-state index >= 15 is 0 Å². The summed E-state index contributed by atoms with van der Waals surface area (Å²) in [4.78, 5) is 24.0. The second-order valence-electron chi connectivity index (χ2n) is 4.03. The molecule has 0 aromatic heterocycles. The Morgan fingerprint density at radius 1 is 1.53 bits per heavy atom. The molecule has 1 aliphatic rings. The molecule has 98 valence electrons. The standard InChI is InChI=1S/C11H19NO5/c1-16-5-2-3-10(13)12-4-6-17-9(8-12)7-11(14)15/h9H,2-8H2,1H3,(H,14,15). The van der Waals surface area contributed by atoms with Gasteiger partial charge in [0.2, 0.25) is 5.91 Å². The van der Waals surface area contributed by atoms with Crippen LogP contribution in [-0.4, -0.2) is 61.4 Å². The summed E-state index contributed by atoms with van der Waals surface area (Å²) in [7, 11) is 1.60. The largest absolute Gasteiger partial charge is 0.481 e. The number of rotatable bonds is 6. The Kier molecular flexibility index (Phi) is 5.93. The first kappa shape index (κ1) is 13.9. The third-order valence-electron chi connectivity index (χ3n) is 2.63. The number of hydrogen-bond acceptors (Lipinski definition) is 4. The monoisotopic (exact) mass is 245 g/mol. The average Bonchev–Trinajstić information content (AvgIpc) is 2.28. The Hall–Kier alpha value is -1.14. The molecular weight excluding hydrogens is 226 g/mol. The molecule has 0 aromatic carbocycles. The molecular formula is C11H19NO5. The molecule has 0 aliphatic carbocycles. The molecule has 0 radical (unpaired) electrons. The predicted molar refractivity (Wildman–Crippen MR) is 59.7 cm³/mol. The molecule has 17 heavy (non-hydrogen) atoms. The fraction of sp³-hybridized carbons (Fsp3) is 0.818. The predicted octanol–water partition coefficient (Wildman–Crippen LogP) is 0.115. The number of methoxy groups -OCH3 is 1. The van der Waals surface area contributed by atoms with E-state index in [2.05, 4.69) is 0 Å². The minimum Gasteiger partial charge on any atom is -0.481 e. The lowest BCUT2D eigenvalue weighted by Gasteiger charge is -2.32. The molecule has 1 fully saturated rings. The summed E-state index contributed by atoms with van der Waals surface area (Å²) in [5.74, 6) is -0.857. The Morgan fingerprint density at radius 2 is 2.29 bits per heavy atom. The zero-order valence-corrected chi connectivity index (χ0v) is 10.1. The number of carboxylic acid groups (broad SMARTS) is 1. The van der Waals surface area contributed by atoms with Crippen molar-refractivity contribution in [1.29, 1.82) is 0 Å². The van der Waals surface area contributed by atoms with Crippen LogP contribution in [0.5, 0.6) is 0 Å². The van der Waals surface area contributed by atoms with Gasteiger partial charge in [-0.1, -0.05) is 0 Å². The molecule has 1 saturated heterocycles. The summed E-state index contributed by atoms with van der Waals surface area (Å²) in [5, 5.41) is 8.66. The number of carboxylic acids is 1. The van der Waals surface area contributed by atoms with Crippen molar-refractivity contribution in [3.8, 4) is 0 Å². The van der Waals surface area contributed by atoms with Crippen LogP contribution in [-0.2, 0) is 19.1 Å². The van der Waals surface area contributed by atoms with Gasteiger partial charge in [0.1, 0.15) is 0 Å². The molecule has 1 N–H and O–H groups in total. The summed E-state index contributed by atoms with van der Waals surface area (Å²) in [6.45, 7) is 1.89. The highest BCUT2D eigenvalue weighted by Gasteiger charge is 2.25. The SMILES string of the molecule is COCCCC(=O)N1CCOC(CC(=O)O)C1. The van der Waals surface area contributed by atoms with Crippen LogP contribution in [0.4, 0.5) is 0 Å². The van der Waals surface area contributed by atoms with Gasteiger partial charge in [-0.3, -0.25) is 9.59 Å². The smallest absolute Gasteiger partial charge is 0.306 e. The number of ether oxygens (including phenoxy) is 2. The molecule has 1 atom stereocenters. The number of morpholine rings is 1. The number of nitrogens with zero attached hydrogens (tertiary/aromatic N) is 1. The van der Waals surface area contributed by atoms with Crippen LogP contribution in [0.25, 0.3) is 0 Å². The van der Waals surface area contributed by atoms with E-state index in [0.717, 1.165) is 0 Å². The lowest BCUT2D eigenvalue weighted by atomic mass is 10.2. The average molecular weight is 245 g/mol. The second-order valence-corrected chi connectivity index (χ2v) is 4.03. The van der Waals surface area contributed by atoms with Gasteiger partial charge in [0.05, 0.1) is 19.1 Å². The first-order valence-corrected chi connectivity index (χ1v) is 5.73. The van der Waals surface area contributed by atoms with E-state index in [1.54, 1.807) is 12.0 Å². The van der Waals surface area contributed by atoms with Gasteiger partial charge in [0, 0.05) is 33.2 Å². The van der Waals surface area contributed by atoms with Gasteiger partial charge in [0.25, 0.3) is 0 Å². The van der Waals surface area contributed by atoms with Crippen LogP contribution >= 0.6 is 0 Å². The van der Waals surface area contributed by atoms with Crippen LogP contribution in [0, 0.1) is 0 Å². The quantitative estimate of drug-likeness (QED) is 0.672. The van der Waals surface area contributed by atoms with Crippen molar-refractivity contribution < 1.29 is 24.2 Å². The van der Waals surface area contributed by atoms with E-state index in [-0.39, 0.29) is 18.4 Å². The Labute approximate surface area is 100 Å². The maximum Gasteiger partial charge on any atom is 0.306 e. The third-order valence-corrected chi connectivity index (χ3v) is 2.63. The molecule has 0 bridgehead atoms. The minimum atomic E-state index is -0.899. The zero-order valence-electron chi connectivity index (χ0n) is 10.1. The van der Waals surface area contributed by atoms with Gasteiger partial charge >= 0.3 is 5.97 Å². The van der Waals surface area contributed by atoms with Crippen LogP contribution in [0.15, 0.2) is 0 Å². The molecule has 1 heterocycles. The highest BCUT2D eigenvalue weighted by Crippen LogP contribution is 2.10. The number of carbonyl (C=O) groups excluding carboxylic acids is 1. The van der Waals surface area contributed by atoms with E-state index in [0.29, 0.717) is 39.1 Å². The molecule has 6 heteroatoms. The van der Waals surface area contributed by atoms with Gasteiger partial charge in [-0.15, -0.1) is 0 Å². The Balaban J connectivity index is 2.32. The summed E-state index contributed by atoms with van der Waals surface area (Å²) < 4.78 is 10.2. The van der Waals surface area contributed by atoms with Crippen molar-refractivity contribution in [3.05, 3.63) is 0 Å². The van der Waals surface area contributed by atoms with Crippen molar-refractivity contribution in [2.75, 3.05) is 33.4 Å². The Morgan fingerprint density at radius 3 is 2.94 bits per heavy atom. The molecule has 0 aromatic rings. The number of carbonyl (C=O) groups is 2. The number of hydrogen-bond donors (Lipinski definition) is 1. The first-order chi connectivity index (χ1) is 8.13. The molecule has 0 spiro atoms. The molecule has 1 aliphatic heterocycles. The van der Waals surface area contributed by atoms with Crippen LogP contribution in [0.1, 0.15) is 19.3 Å². The van der Waals surface area contributed by atoms with Gasteiger partial charge in [-0.2, -0.15) is 0 Å². The van der Waals surface area contributed by atoms with Crippen LogP contribution in [0.2, 0.25) is 0 Å². The molecule has 0 saturated carbocycles.